The van der Waals surface area contributed by atoms with Crippen molar-refractivity contribution in [3.63, 3.8) is 0 Å². The van der Waals surface area contributed by atoms with Gasteiger partial charge in [0.25, 0.3) is 11.8 Å². The average molecular weight is 791 g/mol. The lowest BCUT2D eigenvalue weighted by molar-refractivity contribution is -0.121. The summed E-state index contributed by atoms with van der Waals surface area (Å²) in [6, 6.07) is 6.25. The molecule has 6 heterocycles. The largest absolute Gasteiger partial charge is 0.374 e. The summed E-state index contributed by atoms with van der Waals surface area (Å²) in [6.45, 7) is 20.7. The molecular formula is C48H66N6O4. The number of rotatable bonds is 18. The van der Waals surface area contributed by atoms with E-state index in [4.69, 9.17) is 14.7 Å². The molecule has 8 bridgehead atoms. The molecule has 312 valence electrons. The zero-order valence-corrected chi connectivity index (χ0v) is 36.5. The molecule has 1 unspecified atom stereocenters. The molecule has 0 spiro atoms. The second kappa shape index (κ2) is 19.0. The van der Waals surface area contributed by atoms with E-state index in [2.05, 4.69) is 82.8 Å². The molecule has 0 radical (unpaired) electrons. The number of aryl methyl sites for hydroxylation is 1. The molecule has 2 aromatic rings. The van der Waals surface area contributed by atoms with Crippen molar-refractivity contribution in [2.75, 3.05) is 19.7 Å². The lowest BCUT2D eigenvalue weighted by Gasteiger charge is -2.27. The SMILES string of the molecule is CCCCCCNC(=O)CC[C@@H]1c2[nH]c(cc3nc(cc4nc(cc5[nH]c6c2C(=O)N(CCCCCC)C(=O)c6c5C)C(CC)=C4C)C(C(C)OCCC)=C3C)[C@H]1C. The highest BCUT2D eigenvalue weighted by atomic mass is 16.5. The maximum absolute atomic E-state index is 14.9. The highest BCUT2D eigenvalue weighted by molar-refractivity contribution is 6.23. The van der Waals surface area contributed by atoms with E-state index in [0.29, 0.717) is 49.2 Å². The van der Waals surface area contributed by atoms with Crippen molar-refractivity contribution in [1.29, 1.82) is 0 Å². The smallest absolute Gasteiger partial charge is 0.264 e. The van der Waals surface area contributed by atoms with Crippen LogP contribution in [0.1, 0.15) is 205 Å². The molecule has 2 aromatic heterocycles. The van der Waals surface area contributed by atoms with Crippen LogP contribution in [0.5, 0.6) is 0 Å². The quantitative estimate of drug-likeness (QED) is 0.102. The van der Waals surface area contributed by atoms with E-state index in [1.165, 1.54) is 4.90 Å². The van der Waals surface area contributed by atoms with Crippen LogP contribution in [-0.4, -0.2) is 68.4 Å². The monoisotopic (exact) mass is 791 g/mol. The van der Waals surface area contributed by atoms with Crippen molar-refractivity contribution in [3.05, 3.63) is 69.1 Å². The number of nitrogens with one attached hydrogen (secondary N) is 3. The molecule has 3 amide bonds. The lowest BCUT2D eigenvalue weighted by atomic mass is 9.84. The summed E-state index contributed by atoms with van der Waals surface area (Å²) in [5, 5.41) is 3.14. The number of ether oxygens (including phenoxy) is 1. The first-order valence-electron chi connectivity index (χ1n) is 22.2. The van der Waals surface area contributed by atoms with E-state index in [1.807, 2.05) is 13.0 Å². The summed E-state index contributed by atoms with van der Waals surface area (Å²) >= 11 is 0. The number of allylic oxidation sites excluding steroid dienone is 3. The minimum Gasteiger partial charge on any atom is -0.374 e. The molecule has 4 aliphatic rings. The Bertz CT molecular complexity index is 2170. The number of carbonyl (C=O) groups excluding carboxylic acids is 3. The molecule has 3 N–H and O–H groups in total. The molecule has 3 atom stereocenters. The molecule has 10 nitrogen and oxygen atoms in total. The van der Waals surface area contributed by atoms with E-state index >= 15 is 0 Å². The molecule has 4 aliphatic heterocycles. The first-order chi connectivity index (χ1) is 27.9. The summed E-state index contributed by atoms with van der Waals surface area (Å²) in [5.74, 6) is -0.806. The zero-order chi connectivity index (χ0) is 41.7. The van der Waals surface area contributed by atoms with E-state index in [1.54, 1.807) is 0 Å². The van der Waals surface area contributed by atoms with Crippen LogP contribution in [0.3, 0.4) is 0 Å². The molecule has 0 fully saturated rings. The van der Waals surface area contributed by atoms with Crippen LogP contribution >= 0.6 is 0 Å². The summed E-state index contributed by atoms with van der Waals surface area (Å²) in [7, 11) is 0. The number of imide groups is 1. The molecule has 0 aliphatic carbocycles. The third-order valence-electron chi connectivity index (χ3n) is 12.6. The Morgan fingerprint density at radius 3 is 2.22 bits per heavy atom. The van der Waals surface area contributed by atoms with Gasteiger partial charge in [-0.15, -0.1) is 0 Å². The van der Waals surface area contributed by atoms with Gasteiger partial charge in [-0.05, 0) is 100 Å². The maximum Gasteiger partial charge on any atom is 0.264 e. The highest BCUT2D eigenvalue weighted by Gasteiger charge is 2.40. The first kappa shape index (κ1) is 43.0. The molecule has 10 heteroatoms. The zero-order valence-electron chi connectivity index (χ0n) is 36.5. The van der Waals surface area contributed by atoms with Crippen LogP contribution in [0.2, 0.25) is 0 Å². The van der Waals surface area contributed by atoms with E-state index < -0.39 is 0 Å². The fourth-order valence-electron chi connectivity index (χ4n) is 9.12. The van der Waals surface area contributed by atoms with E-state index in [9.17, 15) is 14.4 Å². The number of hydrogen-bond acceptors (Lipinski definition) is 6. The molecule has 0 aromatic carbocycles. The van der Waals surface area contributed by atoms with Gasteiger partial charge in [0.15, 0.2) is 0 Å². The number of unbranched alkanes of at least 4 members (excludes halogenated alkanes) is 6. The summed E-state index contributed by atoms with van der Waals surface area (Å²) in [5.41, 5.74) is 12.4. The van der Waals surface area contributed by atoms with Crippen molar-refractivity contribution in [2.45, 2.75) is 157 Å². The third kappa shape index (κ3) is 8.59. The van der Waals surface area contributed by atoms with Gasteiger partial charge in [-0.2, -0.15) is 0 Å². The standard InChI is InChI=1S/C48H66N6O4/c1-10-14-16-18-22-49-41(55)21-20-34-29(6)36-25-37-30(7)42(32(9)58-24-12-3)40(51-37)27-35-28(5)33(13-4)39(50-35)26-38-31(8)43-46(53-38)44(45(34)52-36)48(57)54(47(43)56)23-19-17-15-11-2/h25-27,29,32,34,52-53H,10-24H2,1-9H3,(H,49,55)/t29-,32?,34-/m0/s1. The van der Waals surface area contributed by atoms with Gasteiger partial charge in [0.05, 0.1) is 45.5 Å². The van der Waals surface area contributed by atoms with Gasteiger partial charge in [0.2, 0.25) is 5.91 Å². The minimum atomic E-state index is -0.299. The number of amides is 3. The Labute approximate surface area is 345 Å². The predicted octanol–water partition coefficient (Wildman–Crippen LogP) is 11.0. The van der Waals surface area contributed by atoms with Gasteiger partial charge in [-0.3, -0.25) is 19.3 Å². The van der Waals surface area contributed by atoms with Crippen molar-refractivity contribution < 1.29 is 19.1 Å². The fraction of sp³-hybridized carbons (Fsp3) is 0.562. The predicted molar refractivity (Wildman–Crippen MR) is 235 cm³/mol. The number of carbonyl (C=O) groups is 3. The number of hydrogen-bond donors (Lipinski definition) is 3. The normalized spacial score (nSPS) is 17.7. The number of aromatic amines is 2. The second-order valence-electron chi connectivity index (χ2n) is 16.7. The molecule has 58 heavy (non-hydrogen) atoms. The summed E-state index contributed by atoms with van der Waals surface area (Å²) in [4.78, 5) is 62.0. The van der Waals surface area contributed by atoms with E-state index in [0.717, 1.165) is 132 Å². The molecule has 0 saturated carbocycles. The van der Waals surface area contributed by atoms with Gasteiger partial charge < -0.3 is 20.0 Å². The fourth-order valence-corrected chi connectivity index (χ4v) is 9.12. The van der Waals surface area contributed by atoms with Gasteiger partial charge >= 0.3 is 0 Å². The van der Waals surface area contributed by atoms with Crippen LogP contribution in [0, 0.1) is 6.92 Å². The number of fused-ring (bicyclic) bond motifs is 8. The van der Waals surface area contributed by atoms with Crippen LogP contribution in [0.15, 0.2) is 18.2 Å². The Hall–Kier alpha value is -4.57. The Morgan fingerprint density at radius 2 is 1.52 bits per heavy atom. The Balaban J connectivity index is 1.61. The highest BCUT2D eigenvalue weighted by Crippen LogP contribution is 2.45. The van der Waals surface area contributed by atoms with Gasteiger partial charge in [0, 0.05) is 60.4 Å². The Morgan fingerprint density at radius 1 is 0.828 bits per heavy atom. The van der Waals surface area contributed by atoms with Crippen molar-refractivity contribution in [1.82, 2.24) is 30.2 Å². The van der Waals surface area contributed by atoms with Crippen molar-refractivity contribution in [3.8, 4) is 0 Å². The first-order valence-corrected chi connectivity index (χ1v) is 22.2. The number of nitrogens with zero attached hydrogens (tertiary/aromatic N) is 3. The van der Waals surface area contributed by atoms with Gasteiger partial charge in [0.1, 0.15) is 0 Å². The minimum absolute atomic E-state index is 0.0164. The topological polar surface area (TPSA) is 133 Å². The molecular weight excluding hydrogens is 725 g/mol. The van der Waals surface area contributed by atoms with Gasteiger partial charge in [-0.25, -0.2) is 9.97 Å². The van der Waals surface area contributed by atoms with Crippen LogP contribution in [-0.2, 0) is 9.53 Å². The third-order valence-corrected chi connectivity index (χ3v) is 12.6. The summed E-state index contributed by atoms with van der Waals surface area (Å²) in [6.07, 6.45) is 10.5. The average Bonchev–Trinajstić information content (AvgIpc) is 3.88. The maximum atomic E-state index is 14.9. The van der Waals surface area contributed by atoms with Crippen molar-refractivity contribution >= 4 is 51.0 Å². The van der Waals surface area contributed by atoms with Gasteiger partial charge in [-0.1, -0.05) is 73.1 Å². The van der Waals surface area contributed by atoms with E-state index in [-0.39, 0.29) is 35.7 Å². The number of H-pyrrole nitrogens is 2. The Kier molecular flexibility index (Phi) is 14.1. The second-order valence-corrected chi connectivity index (χ2v) is 16.7. The number of aromatic nitrogens is 4. The summed E-state index contributed by atoms with van der Waals surface area (Å²) < 4.78 is 6.33. The molecule has 6 rings (SSSR count). The van der Waals surface area contributed by atoms with Crippen LogP contribution in [0.25, 0.3) is 33.3 Å². The van der Waals surface area contributed by atoms with Crippen molar-refractivity contribution in [2.24, 2.45) is 0 Å². The molecule has 0 saturated heterocycles. The van der Waals surface area contributed by atoms with Crippen LogP contribution < -0.4 is 5.32 Å². The van der Waals surface area contributed by atoms with Crippen LogP contribution in [0.4, 0.5) is 0 Å². The lowest BCUT2D eigenvalue weighted by Crippen LogP contribution is -2.41.